The van der Waals surface area contributed by atoms with E-state index in [-0.39, 0.29) is 11.9 Å². The highest BCUT2D eigenvalue weighted by Crippen LogP contribution is 2.18. The first-order valence-corrected chi connectivity index (χ1v) is 12.4. The number of benzene rings is 2. The molecule has 0 heterocycles. The molecular formula is C24H33N2O4S2+. The molecule has 174 valence electrons. The molecule has 0 aliphatic carbocycles. The summed E-state index contributed by atoms with van der Waals surface area (Å²) in [5, 5.41) is 0. The van der Waals surface area contributed by atoms with Gasteiger partial charge in [0.1, 0.15) is 5.75 Å². The van der Waals surface area contributed by atoms with Crippen molar-refractivity contribution in [2.24, 2.45) is 5.73 Å². The van der Waals surface area contributed by atoms with Crippen LogP contribution in [0, 0.1) is 0 Å². The zero-order valence-corrected chi connectivity index (χ0v) is 20.4. The average Bonchev–Trinajstić information content (AvgIpc) is 2.82. The molecule has 0 saturated carbocycles. The van der Waals surface area contributed by atoms with Gasteiger partial charge in [0, 0.05) is 19.2 Å². The fourth-order valence-corrected chi connectivity index (χ4v) is 3.74. The average molecular weight is 478 g/mol. The molecule has 8 heteroatoms. The van der Waals surface area contributed by atoms with Gasteiger partial charge in [-0.2, -0.15) is 0 Å². The maximum Gasteiger partial charge on any atom is 0.337 e. The molecule has 5 N–H and O–H groups in total. The van der Waals surface area contributed by atoms with E-state index in [4.69, 9.17) is 10.5 Å². The molecule has 6 nitrogen and oxygen atoms in total. The molecule has 0 amide bonds. The molecule has 32 heavy (non-hydrogen) atoms. The third-order valence-electron chi connectivity index (χ3n) is 3.46. The lowest BCUT2D eigenvalue weighted by atomic mass is 10.1. The number of nitrogens with two attached hydrogens (primary N) is 1. The van der Waals surface area contributed by atoms with Crippen LogP contribution in [0.15, 0.2) is 61.7 Å². The van der Waals surface area contributed by atoms with E-state index in [0.29, 0.717) is 11.3 Å². The van der Waals surface area contributed by atoms with Crippen molar-refractivity contribution in [2.45, 2.75) is 6.92 Å². The van der Waals surface area contributed by atoms with Crippen LogP contribution in [-0.4, -0.2) is 43.6 Å². The smallest absolute Gasteiger partial charge is 0.337 e. The molecule has 2 rings (SSSR count). The summed E-state index contributed by atoms with van der Waals surface area (Å²) in [7, 11) is 5.05. The van der Waals surface area contributed by atoms with Crippen LogP contribution in [0.1, 0.15) is 28.4 Å². The summed E-state index contributed by atoms with van der Waals surface area (Å²) in [6.45, 7) is 10.4. The number of quaternary nitrogens is 1. The lowest BCUT2D eigenvalue weighted by molar-refractivity contribution is -0.360. The Hall–Kier alpha value is -2.52. The largest absolute Gasteiger partial charge is 0.465 e. The van der Waals surface area contributed by atoms with Crippen LogP contribution in [0.4, 0.5) is 0 Å². The maximum absolute atomic E-state index is 11.0. The molecule has 0 aliphatic heterocycles. The molecule has 0 fully saturated rings. The van der Waals surface area contributed by atoms with Gasteiger partial charge in [-0.05, 0) is 35.4 Å². The van der Waals surface area contributed by atoms with E-state index in [2.05, 4.69) is 23.6 Å². The Bertz CT molecular complexity index is 804. The van der Waals surface area contributed by atoms with Crippen molar-refractivity contribution in [3.8, 4) is 5.75 Å². The summed E-state index contributed by atoms with van der Waals surface area (Å²) >= 11 is 0. The molecule has 0 bridgehead atoms. The zero-order chi connectivity index (χ0) is 24.2. The first-order chi connectivity index (χ1) is 15.4. The van der Waals surface area contributed by atoms with Crippen LogP contribution in [0.2, 0.25) is 0 Å². The second-order valence-electron chi connectivity index (χ2n) is 5.97. The Morgan fingerprint density at radius 3 is 1.88 bits per heavy atom. The summed E-state index contributed by atoms with van der Waals surface area (Å²) in [6.07, 6.45) is 3.46. The van der Waals surface area contributed by atoms with E-state index in [0.717, 1.165) is 35.7 Å². The number of hydrogen-bond donors (Lipinski definition) is 2. The van der Waals surface area contributed by atoms with Gasteiger partial charge in [0.05, 0.1) is 25.0 Å². The highest BCUT2D eigenvalue weighted by atomic mass is 33.1. The van der Waals surface area contributed by atoms with Crippen LogP contribution in [0.3, 0.4) is 0 Å². The topological polar surface area (TPSA) is 106 Å². The molecule has 0 unspecified atom stereocenters. The van der Waals surface area contributed by atoms with Gasteiger partial charge in [0.2, 0.25) is 0 Å². The van der Waals surface area contributed by atoms with E-state index in [1.807, 2.05) is 45.9 Å². The van der Waals surface area contributed by atoms with Gasteiger partial charge in [-0.25, -0.2) is 4.79 Å². The second kappa shape index (κ2) is 19.2. The third kappa shape index (κ3) is 14.5. The van der Waals surface area contributed by atoms with Crippen molar-refractivity contribution in [1.82, 2.24) is 0 Å². The number of hydrogen-bond acceptors (Lipinski definition) is 7. The van der Waals surface area contributed by atoms with E-state index in [1.165, 1.54) is 14.0 Å². The van der Waals surface area contributed by atoms with Crippen molar-refractivity contribution < 1.29 is 24.8 Å². The van der Waals surface area contributed by atoms with Crippen LogP contribution in [0.25, 0.3) is 12.2 Å². The molecule has 0 aromatic heterocycles. The molecule has 0 radical (unpaired) electrons. The number of ether oxygens (including phenoxy) is 2. The molecule has 0 spiro atoms. The number of rotatable bonds is 9. The van der Waals surface area contributed by atoms with Gasteiger partial charge in [0.25, 0.3) is 0 Å². The molecular weight excluding hydrogens is 444 g/mol. The Balaban J connectivity index is 0.000000462. The third-order valence-corrected chi connectivity index (χ3v) is 5.98. The summed E-state index contributed by atoms with van der Waals surface area (Å²) < 4.78 is 9.39. The zero-order valence-electron chi connectivity index (χ0n) is 18.8. The summed E-state index contributed by atoms with van der Waals surface area (Å²) in [5.74, 6) is 2.15. The van der Waals surface area contributed by atoms with Crippen LogP contribution in [-0.2, 0) is 9.53 Å². The number of esters is 2. The molecule has 0 saturated heterocycles. The predicted molar refractivity (Wildman–Crippen MR) is 137 cm³/mol. The van der Waals surface area contributed by atoms with Gasteiger partial charge < -0.3 is 20.9 Å². The number of methoxy groups -OCH3 is 1. The van der Waals surface area contributed by atoms with Crippen LogP contribution < -0.4 is 16.2 Å². The lowest BCUT2D eigenvalue weighted by Gasteiger charge is -1.99. The summed E-state index contributed by atoms with van der Waals surface area (Å²) in [6, 6.07) is 14.2. The number of carbonyl (C=O) groups excluding carboxylic acids is 2. The minimum atomic E-state index is -0.314. The van der Waals surface area contributed by atoms with E-state index in [1.54, 1.807) is 36.4 Å². The monoisotopic (exact) mass is 477 g/mol. The number of carbonyl (C=O) groups is 2. The highest BCUT2D eigenvalue weighted by molar-refractivity contribution is 8.76. The standard InChI is InChI=1S/2C10H10O2.C4H12N2S2/c1-3-8-4-6-9(7-5-8)10(11)12-2;1-3-9-4-6-10(7-5-9)12-8(2)11;5-1-3-7-8-4-2-6/h2*3-7H,1H2,2H3;1-6H2/p+1. The Labute approximate surface area is 198 Å². The van der Waals surface area contributed by atoms with Gasteiger partial charge in [-0.15, -0.1) is 0 Å². The van der Waals surface area contributed by atoms with Crippen LogP contribution in [0.5, 0.6) is 5.75 Å². The Kier molecular flexibility index (Phi) is 17.7. The van der Waals surface area contributed by atoms with Gasteiger partial charge in [-0.1, -0.05) is 71.2 Å². The first-order valence-electron chi connectivity index (χ1n) is 9.87. The van der Waals surface area contributed by atoms with E-state index in [9.17, 15) is 9.59 Å². The Morgan fingerprint density at radius 2 is 1.47 bits per heavy atom. The van der Waals surface area contributed by atoms with Gasteiger partial charge in [0.15, 0.2) is 0 Å². The van der Waals surface area contributed by atoms with Gasteiger partial charge in [-0.3, -0.25) is 4.79 Å². The maximum atomic E-state index is 11.0. The lowest BCUT2D eigenvalue weighted by Crippen LogP contribution is -2.51. The summed E-state index contributed by atoms with van der Waals surface area (Å²) in [5.41, 5.74) is 11.5. The van der Waals surface area contributed by atoms with Crippen molar-refractivity contribution in [3.05, 3.63) is 78.4 Å². The molecule has 0 aliphatic rings. The highest BCUT2D eigenvalue weighted by Gasteiger charge is 2.02. The van der Waals surface area contributed by atoms with Crippen LogP contribution >= 0.6 is 21.6 Å². The normalized spacial score (nSPS) is 9.25. The SMILES string of the molecule is C=Cc1ccc(C(=O)OC)cc1.C=Cc1ccc(OC(C)=O)cc1.NCCSSCC[NH3+]. The minimum Gasteiger partial charge on any atom is -0.465 e. The van der Waals surface area contributed by atoms with E-state index >= 15 is 0 Å². The fourth-order valence-electron chi connectivity index (χ4n) is 1.94. The minimum absolute atomic E-state index is 0.304. The van der Waals surface area contributed by atoms with E-state index < -0.39 is 0 Å². The van der Waals surface area contributed by atoms with Crippen molar-refractivity contribution in [2.75, 3.05) is 31.7 Å². The van der Waals surface area contributed by atoms with Crippen molar-refractivity contribution in [3.63, 3.8) is 0 Å². The Morgan fingerprint density at radius 1 is 0.969 bits per heavy atom. The predicted octanol–water partition coefficient (Wildman–Crippen LogP) is 3.94. The fraction of sp³-hybridized carbons (Fsp3) is 0.250. The molecule has 0 atom stereocenters. The molecule has 2 aromatic carbocycles. The second-order valence-corrected chi connectivity index (χ2v) is 8.67. The first kappa shape index (κ1) is 29.5. The summed E-state index contributed by atoms with van der Waals surface area (Å²) in [4.78, 5) is 21.5. The quantitative estimate of drug-likeness (QED) is 0.244. The van der Waals surface area contributed by atoms with Crippen molar-refractivity contribution in [1.29, 1.82) is 0 Å². The van der Waals surface area contributed by atoms with Gasteiger partial charge >= 0.3 is 11.9 Å². The van der Waals surface area contributed by atoms with Crippen molar-refractivity contribution >= 4 is 45.7 Å². The molecule has 2 aromatic rings.